The first-order valence-electron chi connectivity index (χ1n) is 7.54. The molecule has 2 aromatic heterocycles. The van der Waals surface area contributed by atoms with Gasteiger partial charge in [0, 0.05) is 31.3 Å². The number of hydrogen-bond acceptors (Lipinski definition) is 4. The van der Waals surface area contributed by atoms with Crippen LogP contribution >= 0.6 is 11.6 Å². The number of halogens is 1. The molecule has 0 amide bonds. The van der Waals surface area contributed by atoms with Gasteiger partial charge in [0.15, 0.2) is 5.65 Å². The summed E-state index contributed by atoms with van der Waals surface area (Å²) in [4.78, 5) is 11.3. The van der Waals surface area contributed by atoms with E-state index in [0.29, 0.717) is 17.5 Å². The van der Waals surface area contributed by atoms with Gasteiger partial charge in [0.05, 0.1) is 5.02 Å². The molecule has 1 N–H and O–H groups in total. The molecule has 1 aliphatic rings. The predicted molar refractivity (Wildman–Crippen MR) is 85.8 cm³/mol. The molecule has 1 atom stereocenters. The van der Waals surface area contributed by atoms with Gasteiger partial charge in [-0.15, -0.1) is 0 Å². The van der Waals surface area contributed by atoms with Crippen LogP contribution < -0.4 is 4.90 Å². The number of aliphatic hydroxyl groups excluding tert-OH is 1. The van der Waals surface area contributed by atoms with E-state index in [9.17, 15) is 0 Å². The van der Waals surface area contributed by atoms with Crippen molar-refractivity contribution in [3.63, 3.8) is 0 Å². The van der Waals surface area contributed by atoms with E-state index in [4.69, 9.17) is 16.7 Å². The van der Waals surface area contributed by atoms with Gasteiger partial charge < -0.3 is 10.0 Å². The minimum Gasteiger partial charge on any atom is -0.396 e. The summed E-state index contributed by atoms with van der Waals surface area (Å²) in [5, 5.41) is 10.7. The van der Waals surface area contributed by atoms with Crippen molar-refractivity contribution in [3.05, 3.63) is 29.4 Å². The Hall–Kier alpha value is -1.39. The summed E-state index contributed by atoms with van der Waals surface area (Å²) in [6.45, 7) is 2.31. The molecule has 1 unspecified atom stereocenters. The third-order valence-electron chi connectivity index (χ3n) is 4.20. The van der Waals surface area contributed by atoms with Gasteiger partial charge in [0.2, 0.25) is 0 Å². The molecule has 0 bridgehead atoms. The Balaban J connectivity index is 1.78. The molecule has 3 heterocycles. The van der Waals surface area contributed by atoms with Crippen molar-refractivity contribution < 1.29 is 5.11 Å². The molecule has 2 aromatic rings. The van der Waals surface area contributed by atoms with Gasteiger partial charge in [-0.25, -0.2) is 9.97 Å². The summed E-state index contributed by atoms with van der Waals surface area (Å²) in [5.41, 5.74) is 0.744. The fraction of sp³-hybridized carbons (Fsp3) is 0.500. The predicted octanol–water partition coefficient (Wildman–Crippen LogP) is 3.27. The second-order valence-corrected chi connectivity index (χ2v) is 6.10. The van der Waals surface area contributed by atoms with E-state index in [1.165, 1.54) is 6.42 Å². The Kier molecular flexibility index (Phi) is 4.56. The lowest BCUT2D eigenvalue weighted by molar-refractivity contribution is 0.249. The highest BCUT2D eigenvalue weighted by Crippen LogP contribution is 2.25. The van der Waals surface area contributed by atoms with Crippen LogP contribution in [-0.2, 0) is 0 Å². The maximum atomic E-state index is 9.09. The van der Waals surface area contributed by atoms with E-state index in [0.717, 1.165) is 49.2 Å². The number of pyridine rings is 2. The van der Waals surface area contributed by atoms with E-state index in [1.807, 2.05) is 18.2 Å². The molecule has 4 nitrogen and oxygen atoms in total. The summed E-state index contributed by atoms with van der Waals surface area (Å²) in [6.07, 6.45) is 6.02. The fourth-order valence-electron chi connectivity index (χ4n) is 3.02. The van der Waals surface area contributed by atoms with Crippen LogP contribution in [0, 0.1) is 5.92 Å². The highest BCUT2D eigenvalue weighted by atomic mass is 35.5. The lowest BCUT2D eigenvalue weighted by Gasteiger charge is -2.21. The number of aromatic nitrogens is 2. The zero-order valence-electron chi connectivity index (χ0n) is 12.0. The third kappa shape index (κ3) is 3.44. The van der Waals surface area contributed by atoms with Gasteiger partial charge in [-0.1, -0.05) is 11.6 Å². The van der Waals surface area contributed by atoms with Gasteiger partial charge in [-0.2, -0.15) is 0 Å². The highest BCUT2D eigenvalue weighted by Gasteiger charge is 2.18. The summed E-state index contributed by atoms with van der Waals surface area (Å²) in [7, 11) is 0. The Morgan fingerprint density at radius 2 is 2.19 bits per heavy atom. The lowest BCUT2D eigenvalue weighted by atomic mass is 9.98. The molecule has 0 spiro atoms. The molecule has 0 radical (unpaired) electrons. The SMILES string of the molecule is OCCC1CCCN(c2ccc3cc(Cl)cnc3n2)CC1. The standard InChI is InChI=1S/C16H20ClN3O/c17-14-10-13-3-4-15(19-16(13)18-11-14)20-7-1-2-12(5-8-20)6-9-21/h3-4,10-12,21H,1-2,5-9H2. The Labute approximate surface area is 129 Å². The van der Waals surface area contributed by atoms with Crippen LogP contribution in [0.3, 0.4) is 0 Å². The number of nitrogens with zero attached hydrogens (tertiary/aromatic N) is 3. The number of rotatable bonds is 3. The number of hydrogen-bond donors (Lipinski definition) is 1. The Morgan fingerprint density at radius 3 is 3.05 bits per heavy atom. The fourth-order valence-corrected chi connectivity index (χ4v) is 3.18. The summed E-state index contributed by atoms with van der Waals surface area (Å²) in [6, 6.07) is 5.97. The molecule has 112 valence electrons. The normalized spacial score (nSPS) is 19.7. The van der Waals surface area contributed by atoms with Gasteiger partial charge in [-0.05, 0) is 49.8 Å². The molecule has 1 aliphatic heterocycles. The molecule has 1 fully saturated rings. The molecule has 5 heteroatoms. The second kappa shape index (κ2) is 6.58. The largest absolute Gasteiger partial charge is 0.396 e. The minimum atomic E-state index is 0.295. The van der Waals surface area contributed by atoms with Crippen molar-refractivity contribution >= 4 is 28.5 Å². The number of aliphatic hydroxyl groups is 1. The zero-order valence-corrected chi connectivity index (χ0v) is 12.8. The first-order chi connectivity index (χ1) is 10.3. The Bertz CT molecular complexity index is 619. The van der Waals surface area contributed by atoms with Gasteiger partial charge >= 0.3 is 0 Å². The molecule has 0 saturated carbocycles. The van der Waals surface area contributed by atoms with Crippen LogP contribution in [0.2, 0.25) is 5.02 Å². The second-order valence-electron chi connectivity index (χ2n) is 5.67. The van der Waals surface area contributed by atoms with Gasteiger partial charge in [0.25, 0.3) is 0 Å². The topological polar surface area (TPSA) is 49.2 Å². The van der Waals surface area contributed by atoms with Crippen molar-refractivity contribution in [3.8, 4) is 0 Å². The van der Waals surface area contributed by atoms with Gasteiger partial charge in [-0.3, -0.25) is 0 Å². The quantitative estimate of drug-likeness (QED) is 0.945. The summed E-state index contributed by atoms with van der Waals surface area (Å²) >= 11 is 5.95. The smallest absolute Gasteiger partial charge is 0.161 e. The van der Waals surface area contributed by atoms with Crippen LogP contribution in [-0.4, -0.2) is 34.8 Å². The zero-order chi connectivity index (χ0) is 14.7. The molecule has 0 aliphatic carbocycles. The van der Waals surface area contributed by atoms with Crippen LogP contribution in [0.4, 0.5) is 5.82 Å². The maximum absolute atomic E-state index is 9.09. The molecule has 21 heavy (non-hydrogen) atoms. The van der Waals surface area contributed by atoms with Crippen LogP contribution in [0.25, 0.3) is 11.0 Å². The summed E-state index contributed by atoms with van der Waals surface area (Å²) < 4.78 is 0. The average molecular weight is 306 g/mol. The summed E-state index contributed by atoms with van der Waals surface area (Å²) in [5.74, 6) is 1.62. The van der Waals surface area contributed by atoms with E-state index in [-0.39, 0.29) is 0 Å². The minimum absolute atomic E-state index is 0.295. The maximum Gasteiger partial charge on any atom is 0.161 e. The van der Waals surface area contributed by atoms with E-state index < -0.39 is 0 Å². The first kappa shape index (κ1) is 14.5. The average Bonchev–Trinajstić information content (AvgIpc) is 2.73. The Morgan fingerprint density at radius 1 is 1.29 bits per heavy atom. The van der Waals surface area contributed by atoms with E-state index in [1.54, 1.807) is 6.20 Å². The lowest BCUT2D eigenvalue weighted by Crippen LogP contribution is -2.25. The van der Waals surface area contributed by atoms with Crippen LogP contribution in [0.1, 0.15) is 25.7 Å². The van der Waals surface area contributed by atoms with Crippen molar-refractivity contribution in [2.45, 2.75) is 25.7 Å². The highest BCUT2D eigenvalue weighted by molar-refractivity contribution is 6.31. The van der Waals surface area contributed by atoms with Crippen molar-refractivity contribution in [1.29, 1.82) is 0 Å². The first-order valence-corrected chi connectivity index (χ1v) is 7.92. The molecule has 3 rings (SSSR count). The number of fused-ring (bicyclic) bond motifs is 1. The van der Waals surface area contributed by atoms with E-state index >= 15 is 0 Å². The molecular formula is C16H20ClN3O. The number of anilines is 1. The monoisotopic (exact) mass is 305 g/mol. The van der Waals surface area contributed by atoms with Crippen molar-refractivity contribution in [1.82, 2.24) is 9.97 Å². The molecule has 0 aromatic carbocycles. The van der Waals surface area contributed by atoms with Crippen LogP contribution in [0.15, 0.2) is 24.4 Å². The van der Waals surface area contributed by atoms with Crippen molar-refractivity contribution in [2.75, 3.05) is 24.6 Å². The van der Waals surface area contributed by atoms with Crippen molar-refractivity contribution in [2.24, 2.45) is 5.92 Å². The van der Waals surface area contributed by atoms with Gasteiger partial charge in [0.1, 0.15) is 5.82 Å². The molecular weight excluding hydrogens is 286 g/mol. The van der Waals surface area contributed by atoms with Crippen LogP contribution in [0.5, 0.6) is 0 Å². The molecule has 1 saturated heterocycles. The van der Waals surface area contributed by atoms with E-state index in [2.05, 4.69) is 14.9 Å². The third-order valence-corrected chi connectivity index (χ3v) is 4.41.